The molecule has 0 aliphatic rings. The molecule has 0 bridgehead atoms. The van der Waals surface area contributed by atoms with Crippen LogP contribution in [0.5, 0.6) is 5.75 Å². The van der Waals surface area contributed by atoms with Gasteiger partial charge in [-0.05, 0) is 19.1 Å². The number of rotatable bonds is 5. The molecule has 0 N–H and O–H groups in total. The molecule has 0 heterocycles. The highest BCUT2D eigenvalue weighted by atomic mass is 28.3. The molecule has 0 saturated carbocycles. The first-order valence-corrected chi connectivity index (χ1v) is 9.32. The van der Waals surface area contributed by atoms with Crippen LogP contribution in [-0.4, -0.2) is 27.8 Å². The van der Waals surface area contributed by atoms with Crippen LogP contribution in [0.1, 0.15) is 13.8 Å². The summed E-state index contributed by atoms with van der Waals surface area (Å²) in [5.41, 5.74) is -0.0501. The van der Waals surface area contributed by atoms with Crippen molar-refractivity contribution < 1.29 is 14.3 Å². The number of hydrogen-bond donors (Lipinski definition) is 0. The van der Waals surface area contributed by atoms with Crippen molar-refractivity contribution in [1.82, 2.24) is 0 Å². The summed E-state index contributed by atoms with van der Waals surface area (Å²) in [4.78, 5) is 11.9. The van der Waals surface area contributed by atoms with Crippen molar-refractivity contribution in [2.75, 3.05) is 13.7 Å². The quantitative estimate of drug-likeness (QED) is 0.607. The third-order valence-corrected chi connectivity index (χ3v) is 7.78. The summed E-state index contributed by atoms with van der Waals surface area (Å²) in [6.07, 6.45) is 0. The van der Waals surface area contributed by atoms with Crippen LogP contribution in [0.4, 0.5) is 0 Å². The molecule has 0 radical (unpaired) electrons. The van der Waals surface area contributed by atoms with Crippen molar-refractivity contribution in [2.45, 2.75) is 32.5 Å². The zero-order chi connectivity index (χ0) is 13.8. The fraction of sp³-hybridized carbons (Fsp3) is 0.500. The number of methoxy groups -OCH3 is 1. The second-order valence-corrected chi connectivity index (χ2v) is 9.81. The minimum Gasteiger partial charge on any atom is -0.497 e. The Kier molecular flexibility index (Phi) is 4.96. The average Bonchev–Trinajstić information content (AvgIpc) is 2.38. The van der Waals surface area contributed by atoms with Gasteiger partial charge in [0.05, 0.1) is 27.3 Å². The van der Waals surface area contributed by atoms with E-state index in [2.05, 4.69) is 25.2 Å². The monoisotopic (exact) mass is 266 g/mol. The van der Waals surface area contributed by atoms with Gasteiger partial charge in [-0.15, -0.1) is 0 Å². The number of ether oxygens (including phenoxy) is 2. The molecular formula is C14H22O3Si. The molecular weight excluding hydrogens is 244 g/mol. The van der Waals surface area contributed by atoms with Crippen LogP contribution < -0.4 is 9.92 Å². The largest absolute Gasteiger partial charge is 0.497 e. The predicted molar refractivity (Wildman–Crippen MR) is 76.2 cm³/mol. The normalized spacial score (nSPS) is 12.9. The van der Waals surface area contributed by atoms with E-state index in [0.29, 0.717) is 6.61 Å². The topological polar surface area (TPSA) is 35.5 Å². The maximum atomic E-state index is 11.9. The van der Waals surface area contributed by atoms with Crippen molar-refractivity contribution >= 4 is 19.2 Å². The number of benzene rings is 1. The van der Waals surface area contributed by atoms with E-state index in [9.17, 15) is 4.79 Å². The van der Waals surface area contributed by atoms with E-state index in [0.717, 1.165) is 5.75 Å². The van der Waals surface area contributed by atoms with Crippen molar-refractivity contribution in [2.24, 2.45) is 0 Å². The molecule has 1 aromatic rings. The number of carbonyl (C=O) groups is 1. The molecule has 0 saturated heterocycles. The highest BCUT2D eigenvalue weighted by Crippen LogP contribution is 2.23. The first-order chi connectivity index (χ1) is 8.43. The van der Waals surface area contributed by atoms with Gasteiger partial charge in [-0.3, -0.25) is 4.79 Å². The molecule has 4 heteroatoms. The van der Waals surface area contributed by atoms with Crippen molar-refractivity contribution in [3.8, 4) is 5.75 Å². The molecule has 18 heavy (non-hydrogen) atoms. The third-order valence-electron chi connectivity index (χ3n) is 3.56. The Morgan fingerprint density at radius 2 is 1.83 bits per heavy atom. The molecule has 3 nitrogen and oxygen atoms in total. The maximum absolute atomic E-state index is 11.9. The van der Waals surface area contributed by atoms with Gasteiger partial charge >= 0.3 is 5.97 Å². The Hall–Kier alpha value is -1.29. The third kappa shape index (κ3) is 3.13. The smallest absolute Gasteiger partial charge is 0.306 e. The Bertz CT molecular complexity index is 398. The fourth-order valence-electron chi connectivity index (χ4n) is 1.83. The van der Waals surface area contributed by atoms with Gasteiger partial charge < -0.3 is 9.47 Å². The lowest BCUT2D eigenvalue weighted by molar-refractivity contribution is -0.142. The predicted octanol–water partition coefficient (Wildman–Crippen LogP) is 2.56. The SMILES string of the molecule is CCOC(=O)[C@H](C)[Si](C)(C)c1ccc(OC)cc1. The number of hydrogen-bond acceptors (Lipinski definition) is 3. The number of esters is 1. The van der Waals surface area contributed by atoms with Gasteiger partial charge in [-0.25, -0.2) is 0 Å². The Morgan fingerprint density at radius 3 is 2.28 bits per heavy atom. The Labute approximate surface area is 110 Å². The van der Waals surface area contributed by atoms with E-state index in [-0.39, 0.29) is 11.5 Å². The molecule has 0 aliphatic carbocycles. The number of carbonyl (C=O) groups excluding carboxylic acids is 1. The second-order valence-electron chi connectivity index (χ2n) is 4.92. The standard InChI is InChI=1S/C14H22O3Si/c1-6-17-14(15)11(2)18(4,5)13-9-7-12(16-3)8-10-13/h7-11H,6H2,1-5H3/t11-/m0/s1. The van der Waals surface area contributed by atoms with Crippen molar-refractivity contribution in [1.29, 1.82) is 0 Å². The van der Waals surface area contributed by atoms with Gasteiger partial charge in [-0.1, -0.05) is 37.3 Å². The van der Waals surface area contributed by atoms with E-state index in [1.807, 2.05) is 26.0 Å². The average molecular weight is 266 g/mol. The van der Waals surface area contributed by atoms with Crippen LogP contribution in [-0.2, 0) is 9.53 Å². The second kappa shape index (κ2) is 6.04. The minimum atomic E-state index is -1.85. The summed E-state index contributed by atoms with van der Waals surface area (Å²) >= 11 is 0. The van der Waals surface area contributed by atoms with Crippen LogP contribution in [0.15, 0.2) is 24.3 Å². The van der Waals surface area contributed by atoms with Gasteiger partial charge in [-0.2, -0.15) is 0 Å². The summed E-state index contributed by atoms with van der Waals surface area (Å²) in [6.45, 7) is 8.63. The molecule has 0 fully saturated rings. The highest BCUT2D eigenvalue weighted by molar-refractivity contribution is 6.93. The van der Waals surface area contributed by atoms with E-state index >= 15 is 0 Å². The molecule has 100 valence electrons. The van der Waals surface area contributed by atoms with Crippen LogP contribution in [0.2, 0.25) is 18.6 Å². The van der Waals surface area contributed by atoms with Gasteiger partial charge in [0, 0.05) is 0 Å². The van der Waals surface area contributed by atoms with E-state index < -0.39 is 8.07 Å². The lowest BCUT2D eigenvalue weighted by atomic mass is 10.3. The molecule has 1 atom stereocenters. The molecule has 0 spiro atoms. The molecule has 0 aliphatic heterocycles. The van der Waals surface area contributed by atoms with Crippen LogP contribution in [0, 0.1) is 0 Å². The van der Waals surface area contributed by atoms with Crippen LogP contribution >= 0.6 is 0 Å². The van der Waals surface area contributed by atoms with E-state index in [1.54, 1.807) is 7.11 Å². The van der Waals surface area contributed by atoms with E-state index in [4.69, 9.17) is 9.47 Å². The summed E-state index contributed by atoms with van der Waals surface area (Å²) in [7, 11) is -0.197. The van der Waals surface area contributed by atoms with Gasteiger partial charge in [0.25, 0.3) is 0 Å². The van der Waals surface area contributed by atoms with Crippen molar-refractivity contribution in [3.63, 3.8) is 0 Å². The molecule has 1 aromatic carbocycles. The molecule has 0 amide bonds. The van der Waals surface area contributed by atoms with Crippen LogP contribution in [0.25, 0.3) is 0 Å². The fourth-order valence-corrected chi connectivity index (χ4v) is 4.03. The summed E-state index contributed by atoms with van der Waals surface area (Å²) < 4.78 is 10.3. The van der Waals surface area contributed by atoms with Gasteiger partial charge in [0.15, 0.2) is 0 Å². The molecule has 0 unspecified atom stereocenters. The minimum absolute atomic E-state index is 0.0501. The highest BCUT2D eigenvalue weighted by Gasteiger charge is 2.36. The van der Waals surface area contributed by atoms with Gasteiger partial charge in [0.1, 0.15) is 5.75 Å². The lowest BCUT2D eigenvalue weighted by Crippen LogP contribution is -2.48. The summed E-state index contributed by atoms with van der Waals surface area (Å²) in [5, 5.41) is 1.24. The van der Waals surface area contributed by atoms with E-state index in [1.165, 1.54) is 5.19 Å². The Balaban J connectivity index is 2.93. The van der Waals surface area contributed by atoms with Gasteiger partial charge in [0.2, 0.25) is 0 Å². The first kappa shape index (κ1) is 14.8. The van der Waals surface area contributed by atoms with Crippen molar-refractivity contribution in [3.05, 3.63) is 24.3 Å². The Morgan fingerprint density at radius 1 is 1.28 bits per heavy atom. The zero-order valence-electron chi connectivity index (χ0n) is 11.8. The summed E-state index contributed by atoms with van der Waals surface area (Å²) in [5.74, 6) is 0.748. The maximum Gasteiger partial charge on any atom is 0.306 e. The first-order valence-electron chi connectivity index (χ1n) is 6.24. The molecule has 1 rings (SSSR count). The zero-order valence-corrected chi connectivity index (χ0v) is 12.8. The summed E-state index contributed by atoms with van der Waals surface area (Å²) in [6, 6.07) is 8.01. The van der Waals surface area contributed by atoms with Crippen LogP contribution in [0.3, 0.4) is 0 Å². The molecule has 0 aromatic heterocycles. The lowest BCUT2D eigenvalue weighted by Gasteiger charge is -2.28.